The molecular weight excluding hydrogens is 352 g/mol. The zero-order valence-electron chi connectivity index (χ0n) is 16.2. The monoisotopic (exact) mass is 378 g/mol. The van der Waals surface area contributed by atoms with Crippen molar-refractivity contribution in [3.8, 4) is 0 Å². The van der Waals surface area contributed by atoms with Crippen molar-refractivity contribution in [1.82, 2.24) is 14.8 Å². The molecule has 3 fully saturated rings. The molecule has 146 valence electrons. The summed E-state index contributed by atoms with van der Waals surface area (Å²) in [6, 6.07) is 13.6. The largest absolute Gasteiger partial charge is 0.365 e. The van der Waals surface area contributed by atoms with Crippen LogP contribution < -0.4 is 4.90 Å². The lowest BCUT2D eigenvalue weighted by atomic mass is 9.95. The molecule has 4 heterocycles. The summed E-state index contributed by atoms with van der Waals surface area (Å²) in [7, 11) is 1.95. The zero-order valence-corrected chi connectivity index (χ0v) is 16.2. The number of carbonyl (C=O) groups excluding carboxylic acids is 2. The van der Waals surface area contributed by atoms with Gasteiger partial charge >= 0.3 is 0 Å². The van der Waals surface area contributed by atoms with Crippen molar-refractivity contribution in [2.75, 3.05) is 38.1 Å². The fraction of sp³-hybridized carbons (Fsp3) is 0.409. The Balaban J connectivity index is 1.44. The van der Waals surface area contributed by atoms with Crippen molar-refractivity contribution < 1.29 is 9.59 Å². The van der Waals surface area contributed by atoms with E-state index in [2.05, 4.69) is 4.98 Å². The highest BCUT2D eigenvalue weighted by Crippen LogP contribution is 2.29. The van der Waals surface area contributed by atoms with Crippen LogP contribution in [0.4, 0.5) is 5.69 Å². The number of aromatic nitrogens is 1. The summed E-state index contributed by atoms with van der Waals surface area (Å²) in [5.74, 6) is 0.518. The second kappa shape index (κ2) is 8.00. The Morgan fingerprint density at radius 1 is 1.04 bits per heavy atom. The number of benzene rings is 1. The molecule has 0 saturated carbocycles. The summed E-state index contributed by atoms with van der Waals surface area (Å²) < 4.78 is 0. The van der Waals surface area contributed by atoms with Crippen LogP contribution in [0.3, 0.4) is 0 Å². The highest BCUT2D eigenvalue weighted by atomic mass is 16.2. The van der Waals surface area contributed by atoms with E-state index >= 15 is 0 Å². The molecule has 0 spiro atoms. The van der Waals surface area contributed by atoms with Gasteiger partial charge in [0.25, 0.3) is 5.91 Å². The van der Waals surface area contributed by atoms with Crippen LogP contribution >= 0.6 is 0 Å². The Labute approximate surface area is 165 Å². The third-order valence-electron chi connectivity index (χ3n) is 5.82. The Kier molecular flexibility index (Phi) is 5.28. The Morgan fingerprint density at radius 2 is 1.79 bits per heavy atom. The van der Waals surface area contributed by atoms with Gasteiger partial charge in [0, 0.05) is 56.4 Å². The van der Waals surface area contributed by atoms with Crippen LogP contribution in [-0.4, -0.2) is 65.9 Å². The molecule has 3 aliphatic rings. The van der Waals surface area contributed by atoms with Gasteiger partial charge in [0.2, 0.25) is 5.91 Å². The molecule has 6 heteroatoms. The van der Waals surface area contributed by atoms with Gasteiger partial charge in [-0.15, -0.1) is 0 Å². The molecule has 2 atom stereocenters. The van der Waals surface area contributed by atoms with Gasteiger partial charge < -0.3 is 14.7 Å². The molecule has 5 rings (SSSR count). The van der Waals surface area contributed by atoms with Gasteiger partial charge in [0.1, 0.15) is 0 Å². The molecule has 2 amide bonds. The smallest absolute Gasteiger partial charge is 0.254 e. The van der Waals surface area contributed by atoms with Crippen molar-refractivity contribution in [2.24, 2.45) is 5.92 Å². The van der Waals surface area contributed by atoms with E-state index < -0.39 is 0 Å². The number of amides is 2. The molecule has 3 saturated heterocycles. The van der Waals surface area contributed by atoms with Gasteiger partial charge in [-0.25, -0.2) is 0 Å². The minimum atomic E-state index is 0.0370. The van der Waals surface area contributed by atoms with Crippen LogP contribution in [0.15, 0.2) is 54.9 Å². The second-order valence-corrected chi connectivity index (χ2v) is 7.78. The number of likely N-dealkylation sites (N-methyl/N-ethyl adjacent to an activating group) is 1. The summed E-state index contributed by atoms with van der Waals surface area (Å²) >= 11 is 0. The first-order valence-corrected chi connectivity index (χ1v) is 9.87. The number of rotatable bonds is 4. The number of fused-ring (bicyclic) bond motifs is 4. The SMILES string of the molecule is CN(CC(=O)N1C[C@H]2CC[C@@H]1CN(C(=O)c1ccncc1)C2)c1ccccc1. The fourth-order valence-corrected chi connectivity index (χ4v) is 4.30. The minimum absolute atomic E-state index is 0.0370. The average molecular weight is 378 g/mol. The molecule has 0 N–H and O–H groups in total. The predicted molar refractivity (Wildman–Crippen MR) is 108 cm³/mol. The maximum atomic E-state index is 13.0. The number of anilines is 1. The van der Waals surface area contributed by atoms with Crippen LogP contribution in [0, 0.1) is 5.92 Å². The van der Waals surface area contributed by atoms with Gasteiger partial charge in [-0.1, -0.05) is 18.2 Å². The van der Waals surface area contributed by atoms with E-state index in [1.165, 1.54) is 0 Å². The highest BCUT2D eigenvalue weighted by Gasteiger charge is 2.38. The Hall–Kier alpha value is -2.89. The van der Waals surface area contributed by atoms with Crippen LogP contribution in [0.2, 0.25) is 0 Å². The van der Waals surface area contributed by atoms with E-state index in [9.17, 15) is 9.59 Å². The Bertz CT molecular complexity index is 827. The van der Waals surface area contributed by atoms with E-state index in [1.54, 1.807) is 24.5 Å². The number of piperidine rings is 1. The lowest BCUT2D eigenvalue weighted by Gasteiger charge is -2.37. The first kappa shape index (κ1) is 18.5. The molecular formula is C22H26N4O2. The van der Waals surface area contributed by atoms with E-state index in [0.717, 1.165) is 31.6 Å². The van der Waals surface area contributed by atoms with Crippen LogP contribution in [0.25, 0.3) is 0 Å². The lowest BCUT2D eigenvalue weighted by Crippen LogP contribution is -2.50. The quantitative estimate of drug-likeness (QED) is 0.819. The number of carbonyl (C=O) groups is 2. The first-order chi connectivity index (χ1) is 13.6. The molecule has 2 bridgehead atoms. The molecule has 0 aliphatic carbocycles. The molecule has 0 unspecified atom stereocenters. The number of para-hydroxylation sites is 1. The maximum absolute atomic E-state index is 13.0. The predicted octanol–water partition coefficient (Wildman–Crippen LogP) is 2.28. The van der Waals surface area contributed by atoms with E-state index in [0.29, 0.717) is 24.6 Å². The number of pyridine rings is 1. The second-order valence-electron chi connectivity index (χ2n) is 7.78. The van der Waals surface area contributed by atoms with Gasteiger partial charge in [-0.2, -0.15) is 0 Å². The van der Waals surface area contributed by atoms with Crippen LogP contribution in [-0.2, 0) is 4.79 Å². The van der Waals surface area contributed by atoms with Crippen LogP contribution in [0.1, 0.15) is 23.2 Å². The van der Waals surface area contributed by atoms with Crippen molar-refractivity contribution >= 4 is 17.5 Å². The van der Waals surface area contributed by atoms with Gasteiger partial charge in [0.05, 0.1) is 6.54 Å². The molecule has 6 nitrogen and oxygen atoms in total. The molecule has 1 aromatic heterocycles. The molecule has 2 aromatic rings. The van der Waals surface area contributed by atoms with Gasteiger partial charge in [0.15, 0.2) is 0 Å². The summed E-state index contributed by atoms with van der Waals surface area (Å²) in [5, 5.41) is 0. The molecule has 0 radical (unpaired) electrons. The number of nitrogens with zero attached hydrogens (tertiary/aromatic N) is 4. The van der Waals surface area contributed by atoms with E-state index in [-0.39, 0.29) is 17.9 Å². The highest BCUT2D eigenvalue weighted by molar-refractivity contribution is 5.94. The summed E-state index contributed by atoms with van der Waals surface area (Å²) in [6.45, 7) is 2.42. The number of hydrogen-bond acceptors (Lipinski definition) is 4. The summed E-state index contributed by atoms with van der Waals surface area (Å²) in [5.41, 5.74) is 1.70. The van der Waals surface area contributed by atoms with Gasteiger partial charge in [-0.05, 0) is 43.0 Å². The van der Waals surface area contributed by atoms with Crippen LogP contribution in [0.5, 0.6) is 0 Å². The third kappa shape index (κ3) is 3.86. The van der Waals surface area contributed by atoms with E-state index in [4.69, 9.17) is 0 Å². The topological polar surface area (TPSA) is 56.8 Å². The van der Waals surface area contributed by atoms with Crippen molar-refractivity contribution in [3.63, 3.8) is 0 Å². The molecule has 1 aromatic carbocycles. The van der Waals surface area contributed by atoms with Crippen molar-refractivity contribution in [3.05, 3.63) is 60.4 Å². The summed E-state index contributed by atoms with van der Waals surface area (Å²) in [6.07, 6.45) is 5.33. The first-order valence-electron chi connectivity index (χ1n) is 9.87. The fourth-order valence-electron chi connectivity index (χ4n) is 4.30. The average Bonchev–Trinajstić information content (AvgIpc) is 3.06. The minimum Gasteiger partial charge on any atom is -0.365 e. The molecule has 28 heavy (non-hydrogen) atoms. The van der Waals surface area contributed by atoms with Gasteiger partial charge in [-0.3, -0.25) is 14.6 Å². The summed E-state index contributed by atoms with van der Waals surface area (Å²) in [4.78, 5) is 35.9. The lowest BCUT2D eigenvalue weighted by molar-refractivity contribution is -0.133. The van der Waals surface area contributed by atoms with E-state index in [1.807, 2.05) is 52.1 Å². The molecule has 3 aliphatic heterocycles. The Morgan fingerprint density at radius 3 is 2.54 bits per heavy atom. The standard InChI is InChI=1S/C22H26N4O2/c1-24(19-5-3-2-4-6-19)16-21(27)26-14-17-7-8-20(26)15-25(13-17)22(28)18-9-11-23-12-10-18/h2-6,9-12,17,20H,7-8,13-16H2,1H3/t17-,20+/m0/s1. The third-order valence-corrected chi connectivity index (χ3v) is 5.82. The normalized spacial score (nSPS) is 21.3. The van der Waals surface area contributed by atoms with Crippen molar-refractivity contribution in [1.29, 1.82) is 0 Å². The maximum Gasteiger partial charge on any atom is 0.254 e. The number of hydrogen-bond donors (Lipinski definition) is 0. The zero-order chi connectivity index (χ0) is 19.5. The van der Waals surface area contributed by atoms with Crippen molar-refractivity contribution in [2.45, 2.75) is 18.9 Å².